The Hall–Kier alpha value is -5.24. The second-order valence-corrected chi connectivity index (χ2v) is 9.65. The second-order valence-electron chi connectivity index (χ2n) is 9.65. The summed E-state index contributed by atoms with van der Waals surface area (Å²) < 4.78 is 0. The highest BCUT2D eigenvalue weighted by Crippen LogP contribution is 2.19. The minimum Gasteiger partial charge on any atom is -0.481 e. The van der Waals surface area contributed by atoms with E-state index in [9.17, 15) is 33.9 Å². The molecule has 0 saturated heterocycles. The first kappa shape index (κ1) is 31.3. The van der Waals surface area contributed by atoms with Gasteiger partial charge in [0.25, 0.3) is 0 Å². The molecule has 222 valence electrons. The van der Waals surface area contributed by atoms with Gasteiger partial charge in [-0.15, -0.1) is 0 Å². The highest BCUT2D eigenvalue weighted by atomic mass is 16.4. The van der Waals surface area contributed by atoms with Crippen LogP contribution in [0.2, 0.25) is 0 Å². The van der Waals surface area contributed by atoms with Crippen LogP contribution >= 0.6 is 0 Å². The smallest absolute Gasteiger partial charge is 0.326 e. The Balaban J connectivity index is 1.90. The number of carbonyl (C=O) groups excluding carboxylic acids is 4. The largest absolute Gasteiger partial charge is 0.481 e. The van der Waals surface area contributed by atoms with E-state index >= 15 is 0 Å². The van der Waals surface area contributed by atoms with Crippen LogP contribution in [-0.2, 0) is 41.6 Å². The lowest BCUT2D eigenvalue weighted by Gasteiger charge is -2.25. The standard InChI is InChI=1S/C28H32N6O8/c29-18(12-24(36)37)25(38)32-20(10-15-6-2-1-3-7-15)26(39)33-21(27(40)34-22(28(41)42)13-23(30)35)11-16-14-31-19-9-5-4-8-17(16)19/h1-9,14,18,20-22,31H,10-13,29H2,(H2,30,35)(H,32,38)(H,33,39)(H,34,40)(H,36,37)(H,41,42). The van der Waals surface area contributed by atoms with Crippen molar-refractivity contribution in [1.29, 1.82) is 0 Å². The minimum atomic E-state index is -1.65. The van der Waals surface area contributed by atoms with E-state index in [2.05, 4.69) is 20.9 Å². The molecule has 1 heterocycles. The summed E-state index contributed by atoms with van der Waals surface area (Å²) in [7, 11) is 0. The van der Waals surface area contributed by atoms with Crippen molar-refractivity contribution in [2.45, 2.75) is 49.9 Å². The van der Waals surface area contributed by atoms with E-state index in [1.165, 1.54) is 0 Å². The van der Waals surface area contributed by atoms with Crippen LogP contribution in [-0.4, -0.2) is 74.9 Å². The number of aromatic amines is 1. The van der Waals surface area contributed by atoms with Crippen LogP contribution in [0.1, 0.15) is 24.0 Å². The summed E-state index contributed by atoms with van der Waals surface area (Å²) in [6.07, 6.45) is 0.175. The summed E-state index contributed by atoms with van der Waals surface area (Å²) in [6.45, 7) is 0. The van der Waals surface area contributed by atoms with Crippen molar-refractivity contribution in [3.8, 4) is 0 Å². The Morgan fingerprint density at radius 2 is 1.31 bits per heavy atom. The summed E-state index contributed by atoms with van der Waals surface area (Å²) in [5.74, 6) is -6.37. The van der Waals surface area contributed by atoms with Crippen molar-refractivity contribution < 1.29 is 39.0 Å². The summed E-state index contributed by atoms with van der Waals surface area (Å²) in [5, 5.41) is 26.5. The number of carboxylic acid groups (broad SMARTS) is 2. The number of hydrogen-bond donors (Lipinski definition) is 8. The van der Waals surface area contributed by atoms with Crippen LogP contribution < -0.4 is 27.4 Å². The normalized spacial score (nSPS) is 13.7. The fourth-order valence-corrected chi connectivity index (χ4v) is 4.29. The van der Waals surface area contributed by atoms with Gasteiger partial charge in [-0.1, -0.05) is 48.5 Å². The van der Waals surface area contributed by atoms with E-state index in [4.69, 9.17) is 16.6 Å². The molecule has 3 rings (SSSR count). The molecule has 0 fully saturated rings. The molecule has 0 spiro atoms. The zero-order chi connectivity index (χ0) is 30.8. The zero-order valence-corrected chi connectivity index (χ0v) is 22.4. The SMILES string of the molecule is NC(=O)CC(NC(=O)C(Cc1c[nH]c2ccccc12)NC(=O)C(Cc1ccccc1)NC(=O)C(N)CC(=O)O)C(=O)O. The van der Waals surface area contributed by atoms with Crippen LogP contribution in [0.25, 0.3) is 10.9 Å². The first-order valence-electron chi connectivity index (χ1n) is 12.9. The van der Waals surface area contributed by atoms with Gasteiger partial charge >= 0.3 is 11.9 Å². The summed E-state index contributed by atoms with van der Waals surface area (Å²) in [4.78, 5) is 76.7. The molecule has 14 nitrogen and oxygen atoms in total. The molecule has 2 aromatic carbocycles. The highest BCUT2D eigenvalue weighted by molar-refractivity contribution is 5.96. The lowest BCUT2D eigenvalue weighted by Crippen LogP contribution is -2.58. The molecule has 0 radical (unpaired) electrons. The minimum absolute atomic E-state index is 0.0287. The number of primary amides is 1. The molecular weight excluding hydrogens is 548 g/mol. The number of carbonyl (C=O) groups is 6. The maximum Gasteiger partial charge on any atom is 0.326 e. The molecule has 4 atom stereocenters. The van der Waals surface area contributed by atoms with E-state index in [0.29, 0.717) is 11.1 Å². The number of amides is 4. The van der Waals surface area contributed by atoms with Crippen LogP contribution in [0, 0.1) is 0 Å². The fourth-order valence-electron chi connectivity index (χ4n) is 4.29. The predicted molar refractivity (Wildman–Crippen MR) is 150 cm³/mol. The monoisotopic (exact) mass is 580 g/mol. The van der Waals surface area contributed by atoms with Crippen molar-refractivity contribution in [2.75, 3.05) is 0 Å². The number of aromatic nitrogens is 1. The summed E-state index contributed by atoms with van der Waals surface area (Å²) in [6, 6.07) is 10.1. The molecule has 0 aliphatic carbocycles. The molecule has 0 aliphatic rings. The van der Waals surface area contributed by atoms with Gasteiger partial charge in [0.1, 0.15) is 18.1 Å². The second kappa shape index (κ2) is 14.4. The predicted octanol–water partition coefficient (Wildman–Crippen LogP) is -0.830. The third-order valence-electron chi connectivity index (χ3n) is 6.40. The van der Waals surface area contributed by atoms with Crippen molar-refractivity contribution >= 4 is 46.5 Å². The molecule has 4 unspecified atom stereocenters. The zero-order valence-electron chi connectivity index (χ0n) is 22.4. The average Bonchev–Trinajstić information content (AvgIpc) is 3.34. The number of fused-ring (bicyclic) bond motifs is 1. The number of hydrogen-bond acceptors (Lipinski definition) is 7. The maximum absolute atomic E-state index is 13.6. The first-order valence-corrected chi connectivity index (χ1v) is 12.9. The molecular formula is C28H32N6O8. The average molecular weight is 581 g/mol. The third kappa shape index (κ3) is 8.89. The summed E-state index contributed by atoms with van der Waals surface area (Å²) in [5.41, 5.74) is 12.9. The van der Waals surface area contributed by atoms with Gasteiger partial charge in [-0.05, 0) is 17.2 Å². The Kier molecular flexibility index (Phi) is 10.7. The number of rotatable bonds is 15. The highest BCUT2D eigenvalue weighted by Gasteiger charge is 2.32. The number of H-pyrrole nitrogens is 1. The Morgan fingerprint density at radius 3 is 1.93 bits per heavy atom. The molecule has 0 aliphatic heterocycles. The van der Waals surface area contributed by atoms with E-state index in [0.717, 1.165) is 10.9 Å². The van der Waals surface area contributed by atoms with E-state index in [1.807, 2.05) is 12.1 Å². The van der Waals surface area contributed by atoms with Gasteiger partial charge in [0, 0.05) is 29.9 Å². The number of nitrogens with one attached hydrogen (secondary N) is 4. The molecule has 4 amide bonds. The molecule has 3 aromatic rings. The molecule has 0 saturated carbocycles. The van der Waals surface area contributed by atoms with Gasteiger partial charge < -0.3 is 42.6 Å². The van der Waals surface area contributed by atoms with Crippen LogP contribution in [0.15, 0.2) is 60.8 Å². The molecule has 42 heavy (non-hydrogen) atoms. The van der Waals surface area contributed by atoms with Crippen LogP contribution in [0.3, 0.4) is 0 Å². The molecule has 0 bridgehead atoms. The van der Waals surface area contributed by atoms with Crippen molar-refractivity contribution in [1.82, 2.24) is 20.9 Å². The topological polar surface area (TPSA) is 247 Å². The molecule has 14 heteroatoms. The third-order valence-corrected chi connectivity index (χ3v) is 6.40. The van der Waals surface area contributed by atoms with Gasteiger partial charge in [-0.2, -0.15) is 0 Å². The maximum atomic E-state index is 13.6. The van der Waals surface area contributed by atoms with E-state index in [-0.39, 0.29) is 12.8 Å². The number of para-hydroxylation sites is 1. The number of carboxylic acids is 2. The van der Waals surface area contributed by atoms with Gasteiger partial charge in [0.05, 0.1) is 18.9 Å². The van der Waals surface area contributed by atoms with Crippen LogP contribution in [0.4, 0.5) is 0 Å². The van der Waals surface area contributed by atoms with Gasteiger partial charge in [0.2, 0.25) is 23.6 Å². The van der Waals surface area contributed by atoms with Crippen molar-refractivity contribution in [3.05, 3.63) is 71.9 Å². The lowest BCUT2D eigenvalue weighted by atomic mass is 10.0. The molecule has 1 aromatic heterocycles. The van der Waals surface area contributed by atoms with E-state index in [1.54, 1.807) is 48.7 Å². The van der Waals surface area contributed by atoms with Crippen molar-refractivity contribution in [3.63, 3.8) is 0 Å². The lowest BCUT2D eigenvalue weighted by molar-refractivity contribution is -0.143. The first-order chi connectivity index (χ1) is 19.9. The van der Waals surface area contributed by atoms with Gasteiger partial charge in [0.15, 0.2) is 0 Å². The number of benzene rings is 2. The van der Waals surface area contributed by atoms with Crippen molar-refractivity contribution in [2.24, 2.45) is 11.5 Å². The quantitative estimate of drug-likeness (QED) is 0.112. The Bertz CT molecular complexity index is 1460. The number of aliphatic carboxylic acids is 2. The van der Waals surface area contributed by atoms with E-state index < -0.39 is 72.6 Å². The van der Waals surface area contributed by atoms with Crippen LogP contribution in [0.5, 0.6) is 0 Å². The number of nitrogens with two attached hydrogens (primary N) is 2. The molecule has 10 N–H and O–H groups in total. The van der Waals surface area contributed by atoms with Gasteiger partial charge in [-0.25, -0.2) is 4.79 Å². The fraction of sp³-hybridized carbons (Fsp3) is 0.286. The Morgan fingerprint density at radius 1 is 0.738 bits per heavy atom. The summed E-state index contributed by atoms with van der Waals surface area (Å²) >= 11 is 0. The van der Waals surface area contributed by atoms with Gasteiger partial charge in [-0.3, -0.25) is 24.0 Å². The Labute approximate surface area is 239 Å².